The first-order chi connectivity index (χ1) is 18.0. The highest BCUT2D eigenvalue weighted by Gasteiger charge is 2.51. The molecule has 3 aliphatic rings. The zero-order chi connectivity index (χ0) is 27.2. The van der Waals surface area contributed by atoms with E-state index in [2.05, 4.69) is 4.74 Å². The van der Waals surface area contributed by atoms with Gasteiger partial charge < -0.3 is 19.6 Å². The average molecular weight is 535 g/mol. The van der Waals surface area contributed by atoms with Crippen molar-refractivity contribution < 1.29 is 41.8 Å². The lowest BCUT2D eigenvalue weighted by atomic mass is 9.81. The van der Waals surface area contributed by atoms with Crippen molar-refractivity contribution in [3.63, 3.8) is 0 Å². The van der Waals surface area contributed by atoms with E-state index in [9.17, 15) is 31.9 Å². The minimum atomic E-state index is -4.86. The summed E-state index contributed by atoms with van der Waals surface area (Å²) in [5, 5.41) is 9.10. The van der Waals surface area contributed by atoms with Gasteiger partial charge in [0, 0.05) is 30.0 Å². The highest BCUT2D eigenvalue weighted by atomic mass is 19.4. The number of ether oxygens (including phenoxy) is 1. The van der Waals surface area contributed by atoms with E-state index in [4.69, 9.17) is 5.11 Å². The zero-order valence-corrected chi connectivity index (χ0v) is 20.3. The molecule has 0 bridgehead atoms. The van der Waals surface area contributed by atoms with Crippen LogP contribution in [0.1, 0.15) is 66.9 Å². The van der Waals surface area contributed by atoms with Crippen LogP contribution in [0.25, 0.3) is 0 Å². The highest BCUT2D eigenvalue weighted by molar-refractivity contribution is 6.07. The third kappa shape index (κ3) is 5.19. The molecule has 7 nitrogen and oxygen atoms in total. The van der Waals surface area contributed by atoms with Crippen molar-refractivity contribution in [2.75, 3.05) is 4.90 Å². The molecular weight excluding hydrogens is 508 g/mol. The van der Waals surface area contributed by atoms with Gasteiger partial charge in [-0.1, -0.05) is 12.5 Å². The van der Waals surface area contributed by atoms with Crippen LogP contribution in [0.5, 0.6) is 5.75 Å². The molecule has 1 N–H and O–H groups in total. The molecule has 38 heavy (non-hydrogen) atoms. The Balaban J connectivity index is 1.52. The van der Waals surface area contributed by atoms with Crippen LogP contribution in [-0.4, -0.2) is 46.2 Å². The number of halogens is 4. The lowest BCUT2D eigenvalue weighted by molar-refractivity contribution is -0.274. The number of carbonyl (C=O) groups excluding carboxylic acids is 2. The van der Waals surface area contributed by atoms with Gasteiger partial charge in [-0.05, 0) is 67.6 Å². The summed E-state index contributed by atoms with van der Waals surface area (Å²) in [7, 11) is 0. The number of anilines is 1. The number of nitrogens with zero attached hydrogens (tertiary/aromatic N) is 2. The Labute approximate surface area is 216 Å². The summed E-state index contributed by atoms with van der Waals surface area (Å²) in [6.07, 6.45) is -1.63. The number of hydrogen-bond donors (Lipinski definition) is 1. The molecular formula is C27H26F4N2O5. The van der Waals surface area contributed by atoms with Gasteiger partial charge in [-0.2, -0.15) is 0 Å². The average Bonchev–Trinajstić information content (AvgIpc) is 3.57. The molecule has 2 amide bonds. The molecule has 5 rings (SSSR count). The van der Waals surface area contributed by atoms with Gasteiger partial charge in [-0.3, -0.25) is 14.4 Å². The van der Waals surface area contributed by atoms with Crippen molar-refractivity contribution >= 4 is 23.5 Å². The second kappa shape index (κ2) is 9.92. The maximum atomic E-state index is 14.5. The monoisotopic (exact) mass is 534 g/mol. The van der Waals surface area contributed by atoms with E-state index in [0.29, 0.717) is 24.1 Å². The summed E-state index contributed by atoms with van der Waals surface area (Å²) in [5.41, 5.74) is 1.04. The Hall–Kier alpha value is -3.63. The molecule has 2 aliphatic carbocycles. The Morgan fingerprint density at radius 1 is 1.00 bits per heavy atom. The Morgan fingerprint density at radius 2 is 1.71 bits per heavy atom. The van der Waals surface area contributed by atoms with Crippen LogP contribution in [-0.2, 0) is 9.59 Å². The van der Waals surface area contributed by atoms with Crippen molar-refractivity contribution in [3.8, 4) is 5.75 Å². The van der Waals surface area contributed by atoms with Crippen LogP contribution in [0.2, 0.25) is 0 Å². The number of alkyl halides is 3. The minimum Gasteiger partial charge on any atom is -0.481 e. The maximum Gasteiger partial charge on any atom is 0.573 e. The predicted octanol–water partition coefficient (Wildman–Crippen LogP) is 5.45. The molecule has 1 heterocycles. The summed E-state index contributed by atoms with van der Waals surface area (Å²) in [5.74, 6) is -3.01. The summed E-state index contributed by atoms with van der Waals surface area (Å²) in [6.45, 7) is 0. The van der Waals surface area contributed by atoms with Crippen LogP contribution in [0.15, 0.2) is 42.5 Å². The summed E-state index contributed by atoms with van der Waals surface area (Å²) in [4.78, 5) is 41.4. The molecule has 2 fully saturated rings. The Bertz CT molecular complexity index is 1250. The van der Waals surface area contributed by atoms with Gasteiger partial charge in [0.2, 0.25) is 5.91 Å². The summed E-state index contributed by atoms with van der Waals surface area (Å²) >= 11 is 0. The molecule has 2 aromatic carbocycles. The molecule has 0 saturated heterocycles. The Kier molecular flexibility index (Phi) is 6.79. The number of benzene rings is 2. The topological polar surface area (TPSA) is 87.2 Å². The van der Waals surface area contributed by atoms with Crippen molar-refractivity contribution in [1.29, 1.82) is 0 Å². The predicted molar refractivity (Wildman–Crippen MR) is 127 cm³/mol. The van der Waals surface area contributed by atoms with E-state index < -0.39 is 35.8 Å². The first kappa shape index (κ1) is 26.0. The molecule has 2 aromatic rings. The number of rotatable bonds is 7. The zero-order valence-electron chi connectivity index (χ0n) is 20.3. The number of amides is 2. The van der Waals surface area contributed by atoms with Crippen LogP contribution in [0.3, 0.4) is 0 Å². The SMILES string of the molecule is O=C(O)CCC(=O)N(C1CC1)[C@H]1c2ccc(F)cc2N(C(=O)c2ccc(OC(F)(F)F)cc2)[C@H]2CCC[C@H]21. The van der Waals surface area contributed by atoms with Gasteiger partial charge in [0.15, 0.2) is 0 Å². The molecule has 202 valence electrons. The second-order valence-electron chi connectivity index (χ2n) is 9.98. The molecule has 11 heteroatoms. The van der Waals surface area contributed by atoms with Crippen molar-refractivity contribution in [2.24, 2.45) is 5.92 Å². The van der Waals surface area contributed by atoms with E-state index in [1.165, 1.54) is 29.2 Å². The molecule has 0 radical (unpaired) electrons. The van der Waals surface area contributed by atoms with Gasteiger partial charge in [0.1, 0.15) is 11.6 Å². The fraction of sp³-hybridized carbons (Fsp3) is 0.444. The maximum absolute atomic E-state index is 14.5. The van der Waals surface area contributed by atoms with Crippen molar-refractivity contribution in [3.05, 3.63) is 59.4 Å². The number of fused-ring (bicyclic) bond motifs is 2. The molecule has 0 aromatic heterocycles. The number of carboxylic acid groups (broad SMARTS) is 1. The smallest absolute Gasteiger partial charge is 0.481 e. The third-order valence-electron chi connectivity index (χ3n) is 7.47. The number of carbonyl (C=O) groups is 3. The first-order valence-electron chi connectivity index (χ1n) is 12.6. The largest absolute Gasteiger partial charge is 0.573 e. The van der Waals surface area contributed by atoms with Crippen LogP contribution >= 0.6 is 0 Å². The lowest BCUT2D eigenvalue weighted by Gasteiger charge is -2.48. The normalized spacial score (nSPS) is 22.4. The van der Waals surface area contributed by atoms with Gasteiger partial charge >= 0.3 is 12.3 Å². The lowest BCUT2D eigenvalue weighted by Crippen LogP contribution is -2.53. The van der Waals surface area contributed by atoms with Gasteiger partial charge in [0.05, 0.1) is 18.2 Å². The third-order valence-corrected chi connectivity index (χ3v) is 7.47. The number of aliphatic carboxylic acids is 1. The van der Waals surface area contributed by atoms with E-state index in [0.717, 1.165) is 31.4 Å². The molecule has 2 saturated carbocycles. The highest BCUT2D eigenvalue weighted by Crippen LogP contribution is 2.53. The summed E-state index contributed by atoms with van der Waals surface area (Å²) in [6, 6.07) is 7.87. The fourth-order valence-electron chi connectivity index (χ4n) is 5.88. The van der Waals surface area contributed by atoms with Crippen LogP contribution < -0.4 is 9.64 Å². The van der Waals surface area contributed by atoms with E-state index >= 15 is 0 Å². The van der Waals surface area contributed by atoms with Crippen molar-refractivity contribution in [2.45, 2.75) is 69.4 Å². The van der Waals surface area contributed by atoms with E-state index in [1.807, 2.05) is 0 Å². The Morgan fingerprint density at radius 3 is 2.34 bits per heavy atom. The van der Waals surface area contributed by atoms with Gasteiger partial charge in [0.25, 0.3) is 5.91 Å². The first-order valence-corrected chi connectivity index (χ1v) is 12.6. The van der Waals surface area contributed by atoms with Crippen molar-refractivity contribution in [1.82, 2.24) is 4.90 Å². The van der Waals surface area contributed by atoms with E-state index in [-0.39, 0.29) is 42.3 Å². The number of carboxylic acids is 1. The van der Waals surface area contributed by atoms with Gasteiger partial charge in [-0.25, -0.2) is 4.39 Å². The fourth-order valence-corrected chi connectivity index (χ4v) is 5.88. The molecule has 0 unspecified atom stereocenters. The minimum absolute atomic E-state index is 0.0381. The molecule has 0 spiro atoms. The molecule has 1 aliphatic heterocycles. The quantitative estimate of drug-likeness (QED) is 0.478. The van der Waals surface area contributed by atoms with Crippen LogP contribution in [0, 0.1) is 11.7 Å². The van der Waals surface area contributed by atoms with E-state index in [1.54, 1.807) is 11.0 Å². The standard InChI is InChI=1S/C27H26F4N2O5/c28-16-6-11-20-22(14-16)33(26(37)15-4-9-18(10-5-15)38-27(29,30)31)21-3-1-2-19(21)25(20)32(17-7-8-17)23(34)12-13-24(35)36/h4-6,9-11,14,17,19,21,25H,1-3,7-8,12-13H2,(H,35,36)/t19-,21+,25-/m1/s1. The second-order valence-corrected chi connectivity index (χ2v) is 9.98. The van der Waals surface area contributed by atoms with Gasteiger partial charge in [-0.15, -0.1) is 13.2 Å². The molecule has 3 atom stereocenters. The number of hydrogen-bond acceptors (Lipinski definition) is 4. The van der Waals surface area contributed by atoms with Crippen LogP contribution in [0.4, 0.5) is 23.2 Å². The summed E-state index contributed by atoms with van der Waals surface area (Å²) < 4.78 is 56.1.